The number of fused-ring (bicyclic) bond motifs is 1. The summed E-state index contributed by atoms with van der Waals surface area (Å²) in [4.78, 5) is 23.9. The maximum absolute atomic E-state index is 12.0. The Morgan fingerprint density at radius 2 is 1.67 bits per heavy atom. The lowest BCUT2D eigenvalue weighted by molar-refractivity contribution is 0.0493. The van der Waals surface area contributed by atoms with Gasteiger partial charge in [-0.25, -0.2) is 9.59 Å². The van der Waals surface area contributed by atoms with Crippen molar-refractivity contribution >= 4 is 28.8 Å². The molecule has 2 amide bonds. The van der Waals surface area contributed by atoms with Crippen molar-refractivity contribution in [1.82, 2.24) is 15.5 Å². The molecule has 0 aliphatic heterocycles. The van der Waals surface area contributed by atoms with E-state index in [4.69, 9.17) is 14.2 Å². The molecule has 2 rings (SSSR count). The summed E-state index contributed by atoms with van der Waals surface area (Å²) < 4.78 is 16.3. The Balaban J connectivity index is 2.06. The molecule has 1 atom stereocenters. The van der Waals surface area contributed by atoms with Gasteiger partial charge in [0.1, 0.15) is 23.6 Å². The minimum Gasteiger partial charge on any atom is -0.489 e. The smallest absolute Gasteiger partial charge is 0.412 e. The predicted octanol–water partition coefficient (Wildman–Crippen LogP) is 4.27. The molecule has 1 aromatic heterocycles. The monoisotopic (exact) mass is 418 g/mol. The van der Waals surface area contributed by atoms with Crippen molar-refractivity contribution in [3.63, 3.8) is 0 Å². The first-order chi connectivity index (χ1) is 13.8. The average molecular weight is 418 g/mol. The molecule has 1 aromatic carbocycles. The van der Waals surface area contributed by atoms with Gasteiger partial charge in [-0.2, -0.15) is 10.2 Å². The van der Waals surface area contributed by atoms with Crippen molar-refractivity contribution in [2.24, 2.45) is 0 Å². The first-order valence-electron chi connectivity index (χ1n) is 9.70. The lowest BCUT2D eigenvalue weighted by Gasteiger charge is -2.22. The van der Waals surface area contributed by atoms with Gasteiger partial charge in [-0.15, -0.1) is 0 Å². The van der Waals surface area contributed by atoms with Gasteiger partial charge in [-0.1, -0.05) is 0 Å². The quantitative estimate of drug-likeness (QED) is 0.746. The zero-order valence-corrected chi connectivity index (χ0v) is 18.5. The SMILES string of the molecule is C[C@H](COc1cnnc2ccc(NC(=O)OC(C)(C)C)cc12)NC(=O)OC(C)(C)C. The largest absolute Gasteiger partial charge is 0.489 e. The zero-order chi connectivity index (χ0) is 22.5. The van der Waals surface area contributed by atoms with Gasteiger partial charge >= 0.3 is 12.2 Å². The van der Waals surface area contributed by atoms with Crippen LogP contribution in [0.15, 0.2) is 24.4 Å². The van der Waals surface area contributed by atoms with E-state index in [2.05, 4.69) is 20.8 Å². The molecular weight excluding hydrogens is 388 g/mol. The molecule has 0 spiro atoms. The summed E-state index contributed by atoms with van der Waals surface area (Å²) in [7, 11) is 0. The van der Waals surface area contributed by atoms with Gasteiger partial charge in [0.15, 0.2) is 0 Å². The molecule has 1 heterocycles. The maximum Gasteiger partial charge on any atom is 0.412 e. The summed E-state index contributed by atoms with van der Waals surface area (Å²) in [6, 6.07) is 4.86. The van der Waals surface area contributed by atoms with E-state index < -0.39 is 23.4 Å². The van der Waals surface area contributed by atoms with Crippen molar-refractivity contribution in [2.75, 3.05) is 11.9 Å². The zero-order valence-electron chi connectivity index (χ0n) is 18.5. The van der Waals surface area contributed by atoms with E-state index in [-0.39, 0.29) is 12.6 Å². The number of hydrogen-bond acceptors (Lipinski definition) is 7. The van der Waals surface area contributed by atoms with Crippen LogP contribution in [0, 0.1) is 0 Å². The van der Waals surface area contributed by atoms with Gasteiger partial charge in [0.05, 0.1) is 17.8 Å². The summed E-state index contributed by atoms with van der Waals surface area (Å²) in [6.45, 7) is 12.8. The molecule has 164 valence electrons. The van der Waals surface area contributed by atoms with E-state index in [1.165, 1.54) is 6.20 Å². The van der Waals surface area contributed by atoms with Gasteiger partial charge in [0.25, 0.3) is 0 Å². The highest BCUT2D eigenvalue weighted by molar-refractivity contribution is 5.92. The van der Waals surface area contributed by atoms with Crippen LogP contribution < -0.4 is 15.4 Å². The van der Waals surface area contributed by atoms with Crippen molar-refractivity contribution in [3.05, 3.63) is 24.4 Å². The van der Waals surface area contributed by atoms with E-state index in [1.807, 2.05) is 0 Å². The van der Waals surface area contributed by atoms with Crippen LogP contribution in [0.3, 0.4) is 0 Å². The molecule has 9 heteroatoms. The summed E-state index contributed by atoms with van der Waals surface area (Å²) in [5, 5.41) is 14.1. The molecular formula is C21H30N4O5. The fraction of sp³-hybridized carbons (Fsp3) is 0.524. The van der Waals surface area contributed by atoms with Gasteiger partial charge in [-0.3, -0.25) is 5.32 Å². The number of ether oxygens (including phenoxy) is 3. The number of rotatable bonds is 5. The number of aromatic nitrogens is 2. The molecule has 30 heavy (non-hydrogen) atoms. The highest BCUT2D eigenvalue weighted by atomic mass is 16.6. The molecule has 0 aliphatic carbocycles. The number of nitrogens with zero attached hydrogens (tertiary/aromatic N) is 2. The molecule has 0 fully saturated rings. The minimum absolute atomic E-state index is 0.198. The molecule has 0 aliphatic rings. The second-order valence-electron chi connectivity index (χ2n) is 8.93. The fourth-order valence-corrected chi connectivity index (χ4v) is 2.41. The average Bonchev–Trinajstić information content (AvgIpc) is 2.56. The third-order valence-corrected chi connectivity index (χ3v) is 3.50. The molecule has 0 radical (unpaired) electrons. The number of benzene rings is 1. The van der Waals surface area contributed by atoms with Crippen LogP contribution in [0.2, 0.25) is 0 Å². The van der Waals surface area contributed by atoms with E-state index in [9.17, 15) is 9.59 Å². The highest BCUT2D eigenvalue weighted by Crippen LogP contribution is 2.26. The lowest BCUT2D eigenvalue weighted by Crippen LogP contribution is -2.40. The Kier molecular flexibility index (Phi) is 7.07. The molecule has 2 N–H and O–H groups in total. The van der Waals surface area contributed by atoms with Crippen LogP contribution >= 0.6 is 0 Å². The normalized spacial score (nSPS) is 12.8. The predicted molar refractivity (Wildman–Crippen MR) is 114 cm³/mol. The maximum atomic E-state index is 12.0. The van der Waals surface area contributed by atoms with E-state index in [0.29, 0.717) is 22.3 Å². The molecule has 0 saturated heterocycles. The first kappa shape index (κ1) is 23.2. The third kappa shape index (κ3) is 7.73. The highest BCUT2D eigenvalue weighted by Gasteiger charge is 2.19. The Bertz CT molecular complexity index is 902. The number of nitrogens with one attached hydrogen (secondary N) is 2. The number of amides is 2. The Labute approximate surface area is 176 Å². The summed E-state index contributed by atoms with van der Waals surface area (Å²) in [5.74, 6) is 0.477. The Morgan fingerprint density at radius 1 is 1.03 bits per heavy atom. The van der Waals surface area contributed by atoms with Crippen molar-refractivity contribution in [3.8, 4) is 5.75 Å². The summed E-state index contributed by atoms with van der Waals surface area (Å²) in [6.07, 6.45) is 0.418. The lowest BCUT2D eigenvalue weighted by atomic mass is 10.2. The standard InChI is InChI=1S/C21H30N4O5/c1-13(23-18(26)29-20(2,3)4)12-28-17-11-22-25-16-9-8-14(10-15(16)17)24-19(27)30-21(5,6)7/h8-11,13H,12H2,1-7H3,(H,23,26)(H,24,27)/t13-/m1/s1. The van der Waals surface area contributed by atoms with Crippen LogP contribution in [0.5, 0.6) is 5.75 Å². The summed E-state index contributed by atoms with van der Waals surface area (Å²) >= 11 is 0. The number of anilines is 1. The summed E-state index contributed by atoms with van der Waals surface area (Å²) in [5.41, 5.74) is -0.0321. The van der Waals surface area contributed by atoms with E-state index >= 15 is 0 Å². The van der Waals surface area contributed by atoms with Crippen LogP contribution in [0.25, 0.3) is 10.9 Å². The fourth-order valence-electron chi connectivity index (χ4n) is 2.41. The van der Waals surface area contributed by atoms with Crippen molar-refractivity contribution in [1.29, 1.82) is 0 Å². The molecule has 0 unspecified atom stereocenters. The molecule has 0 saturated carbocycles. The Morgan fingerprint density at radius 3 is 2.30 bits per heavy atom. The number of alkyl carbamates (subject to hydrolysis) is 1. The van der Waals surface area contributed by atoms with E-state index in [1.54, 1.807) is 66.7 Å². The first-order valence-corrected chi connectivity index (χ1v) is 9.70. The van der Waals surface area contributed by atoms with E-state index in [0.717, 1.165) is 0 Å². The number of hydrogen-bond donors (Lipinski definition) is 2. The number of carbonyl (C=O) groups excluding carboxylic acids is 2. The topological polar surface area (TPSA) is 112 Å². The van der Waals surface area contributed by atoms with Crippen LogP contribution in [0.4, 0.5) is 15.3 Å². The third-order valence-electron chi connectivity index (χ3n) is 3.50. The van der Waals surface area contributed by atoms with Crippen molar-refractivity contribution in [2.45, 2.75) is 65.7 Å². The van der Waals surface area contributed by atoms with Gasteiger partial charge in [0, 0.05) is 11.1 Å². The number of carbonyl (C=O) groups is 2. The minimum atomic E-state index is -0.599. The van der Waals surface area contributed by atoms with Crippen molar-refractivity contribution < 1.29 is 23.8 Å². The second kappa shape index (κ2) is 9.15. The van der Waals surface area contributed by atoms with Gasteiger partial charge < -0.3 is 19.5 Å². The molecule has 2 aromatic rings. The second-order valence-corrected chi connectivity index (χ2v) is 8.93. The van der Waals surface area contributed by atoms with Crippen LogP contribution in [0.1, 0.15) is 48.5 Å². The van der Waals surface area contributed by atoms with Gasteiger partial charge in [0.2, 0.25) is 0 Å². The van der Waals surface area contributed by atoms with Crippen LogP contribution in [-0.2, 0) is 9.47 Å². The Hall–Kier alpha value is -3.10. The van der Waals surface area contributed by atoms with Gasteiger partial charge in [-0.05, 0) is 66.7 Å². The molecule has 0 bridgehead atoms. The molecule has 9 nitrogen and oxygen atoms in total. The van der Waals surface area contributed by atoms with Crippen LogP contribution in [-0.4, -0.2) is 46.2 Å².